The predicted octanol–water partition coefficient (Wildman–Crippen LogP) is 2.05. The van der Waals surface area contributed by atoms with Crippen molar-refractivity contribution in [1.29, 1.82) is 0 Å². The van der Waals surface area contributed by atoms with Crippen LogP contribution in [0.4, 0.5) is 0 Å². The highest BCUT2D eigenvalue weighted by atomic mass is 16.4. The van der Waals surface area contributed by atoms with Crippen LogP contribution in [0.15, 0.2) is 16.7 Å². The van der Waals surface area contributed by atoms with E-state index in [4.69, 9.17) is 4.42 Å². The first-order valence-corrected chi connectivity index (χ1v) is 5.39. The van der Waals surface area contributed by atoms with Crippen LogP contribution in [0, 0.1) is 0 Å². The number of nitrogens with zero attached hydrogens (tertiary/aromatic N) is 1. The first-order valence-electron chi connectivity index (χ1n) is 5.39. The quantitative estimate of drug-likeness (QED) is 0.811. The summed E-state index contributed by atoms with van der Waals surface area (Å²) in [5.41, 5.74) is 1.08. The average molecular weight is 220 g/mol. The number of carboxylic acid groups (broad SMARTS) is 1. The van der Waals surface area contributed by atoms with E-state index >= 15 is 0 Å². The van der Waals surface area contributed by atoms with Gasteiger partial charge in [-0.25, -0.2) is 0 Å². The molecule has 0 aliphatic heterocycles. The van der Waals surface area contributed by atoms with Gasteiger partial charge in [0.15, 0.2) is 5.58 Å². The van der Waals surface area contributed by atoms with Crippen molar-refractivity contribution in [3.8, 4) is 0 Å². The number of carbonyl (C=O) groups is 1. The van der Waals surface area contributed by atoms with Crippen molar-refractivity contribution in [3.63, 3.8) is 0 Å². The van der Waals surface area contributed by atoms with E-state index < -0.39 is 11.4 Å². The second-order valence-corrected chi connectivity index (χ2v) is 4.33. The summed E-state index contributed by atoms with van der Waals surface area (Å²) in [6.45, 7) is 0. The first kappa shape index (κ1) is 9.45. The highest BCUT2D eigenvalue weighted by Crippen LogP contribution is 2.43. The van der Waals surface area contributed by atoms with Crippen LogP contribution in [-0.2, 0) is 10.2 Å². The molecule has 0 unspecified atom stereocenters. The number of carboxylic acids is 1. The van der Waals surface area contributed by atoms with Gasteiger partial charge in [-0.2, -0.15) is 5.10 Å². The molecular weight excluding hydrogens is 208 g/mol. The maximum Gasteiger partial charge on any atom is 0.315 e. The molecule has 0 atom stereocenters. The second kappa shape index (κ2) is 3.10. The summed E-state index contributed by atoms with van der Waals surface area (Å²) in [5, 5.41) is 16.3. The van der Waals surface area contributed by atoms with Gasteiger partial charge in [-0.05, 0) is 12.8 Å². The van der Waals surface area contributed by atoms with Crippen molar-refractivity contribution in [2.24, 2.45) is 0 Å². The van der Waals surface area contributed by atoms with Gasteiger partial charge in [0.1, 0.15) is 10.9 Å². The number of hydrogen-bond acceptors (Lipinski definition) is 3. The molecule has 0 spiro atoms. The Bertz CT molecular complexity index is 534. The maximum atomic E-state index is 11.5. The van der Waals surface area contributed by atoms with Crippen LogP contribution in [0.3, 0.4) is 0 Å². The molecule has 0 bridgehead atoms. The van der Waals surface area contributed by atoms with Gasteiger partial charge in [-0.1, -0.05) is 12.8 Å². The largest absolute Gasteiger partial charge is 0.481 e. The van der Waals surface area contributed by atoms with Crippen LogP contribution in [-0.4, -0.2) is 21.3 Å². The Morgan fingerprint density at radius 1 is 1.50 bits per heavy atom. The average Bonchev–Trinajstić information content (AvgIpc) is 2.93. The third-order valence-electron chi connectivity index (χ3n) is 3.50. The van der Waals surface area contributed by atoms with Crippen LogP contribution in [0.5, 0.6) is 0 Å². The van der Waals surface area contributed by atoms with Gasteiger partial charge in [0.05, 0.1) is 12.0 Å². The Morgan fingerprint density at radius 3 is 2.94 bits per heavy atom. The fraction of sp³-hybridized carbons (Fsp3) is 0.455. The number of fused-ring (bicyclic) bond motifs is 1. The first-order chi connectivity index (χ1) is 7.74. The number of aromatic amines is 1. The van der Waals surface area contributed by atoms with Gasteiger partial charge >= 0.3 is 5.97 Å². The van der Waals surface area contributed by atoms with E-state index in [-0.39, 0.29) is 0 Å². The van der Waals surface area contributed by atoms with Crippen LogP contribution < -0.4 is 0 Å². The van der Waals surface area contributed by atoms with Gasteiger partial charge in [0.25, 0.3) is 0 Å². The van der Waals surface area contributed by atoms with E-state index in [1.807, 2.05) is 0 Å². The fourth-order valence-electron chi connectivity index (χ4n) is 2.62. The number of hydrogen-bond donors (Lipinski definition) is 2. The number of nitrogens with one attached hydrogen (secondary N) is 1. The standard InChI is InChI=1S/C11H12N2O3/c14-10(15)11(4-1-2-5-11)9-8-7(12-13-9)3-6-16-8/h3,6H,1-2,4-5H2,(H,12,13)(H,14,15). The van der Waals surface area contributed by atoms with E-state index in [2.05, 4.69) is 10.2 Å². The Hall–Kier alpha value is -1.78. The van der Waals surface area contributed by atoms with Crippen molar-refractivity contribution in [1.82, 2.24) is 10.2 Å². The molecule has 0 radical (unpaired) electrons. The monoisotopic (exact) mass is 220 g/mol. The number of rotatable bonds is 2. The van der Waals surface area contributed by atoms with E-state index in [1.165, 1.54) is 0 Å². The highest BCUT2D eigenvalue weighted by molar-refractivity contribution is 5.87. The summed E-state index contributed by atoms with van der Waals surface area (Å²) in [5.74, 6) is -0.785. The molecule has 5 heteroatoms. The molecule has 2 aromatic heterocycles. The molecule has 3 rings (SSSR count). The number of aromatic nitrogens is 2. The molecule has 0 saturated heterocycles. The molecule has 1 aliphatic carbocycles. The number of H-pyrrole nitrogens is 1. The molecule has 84 valence electrons. The lowest BCUT2D eigenvalue weighted by molar-refractivity contribution is -0.143. The normalized spacial score (nSPS) is 19.2. The summed E-state index contributed by atoms with van der Waals surface area (Å²) in [4.78, 5) is 11.5. The Labute approximate surface area is 91.4 Å². The van der Waals surface area contributed by atoms with Crippen LogP contribution in [0.2, 0.25) is 0 Å². The zero-order valence-corrected chi connectivity index (χ0v) is 8.69. The molecule has 1 fully saturated rings. The van der Waals surface area contributed by atoms with Crippen molar-refractivity contribution in [3.05, 3.63) is 18.0 Å². The van der Waals surface area contributed by atoms with E-state index in [0.29, 0.717) is 29.6 Å². The number of aliphatic carboxylic acids is 1. The van der Waals surface area contributed by atoms with E-state index in [1.54, 1.807) is 12.3 Å². The Kier molecular flexibility index (Phi) is 1.83. The van der Waals surface area contributed by atoms with E-state index in [0.717, 1.165) is 12.8 Å². The third-order valence-corrected chi connectivity index (χ3v) is 3.50. The summed E-state index contributed by atoms with van der Waals surface area (Å²) in [6, 6.07) is 1.74. The Balaban J connectivity index is 2.21. The zero-order valence-electron chi connectivity index (χ0n) is 8.69. The van der Waals surface area contributed by atoms with Crippen molar-refractivity contribution >= 4 is 17.1 Å². The second-order valence-electron chi connectivity index (χ2n) is 4.33. The van der Waals surface area contributed by atoms with E-state index in [9.17, 15) is 9.90 Å². The lowest BCUT2D eigenvalue weighted by atomic mass is 9.82. The predicted molar refractivity (Wildman–Crippen MR) is 56.1 cm³/mol. The van der Waals surface area contributed by atoms with Gasteiger partial charge in [0.2, 0.25) is 0 Å². The number of furan rings is 1. The van der Waals surface area contributed by atoms with Gasteiger partial charge in [0, 0.05) is 6.07 Å². The molecule has 1 saturated carbocycles. The van der Waals surface area contributed by atoms with Crippen LogP contribution in [0.25, 0.3) is 11.1 Å². The lowest BCUT2D eigenvalue weighted by Gasteiger charge is -2.21. The van der Waals surface area contributed by atoms with Crippen molar-refractivity contribution in [2.75, 3.05) is 0 Å². The molecule has 1 aliphatic rings. The SMILES string of the molecule is O=C(O)C1(c2[nH]nc3ccoc23)CCCC1. The van der Waals surface area contributed by atoms with Crippen LogP contribution in [0.1, 0.15) is 31.4 Å². The van der Waals surface area contributed by atoms with Gasteiger partial charge in [-0.3, -0.25) is 9.89 Å². The zero-order chi connectivity index (χ0) is 11.2. The summed E-state index contributed by atoms with van der Waals surface area (Å²) >= 11 is 0. The minimum Gasteiger partial charge on any atom is -0.481 e. The summed E-state index contributed by atoms with van der Waals surface area (Å²) in [7, 11) is 0. The Morgan fingerprint density at radius 2 is 2.25 bits per heavy atom. The topological polar surface area (TPSA) is 79.1 Å². The molecule has 2 aromatic rings. The van der Waals surface area contributed by atoms with Gasteiger partial charge in [-0.15, -0.1) is 0 Å². The molecule has 2 N–H and O–H groups in total. The maximum absolute atomic E-state index is 11.5. The van der Waals surface area contributed by atoms with Crippen molar-refractivity contribution in [2.45, 2.75) is 31.1 Å². The lowest BCUT2D eigenvalue weighted by Crippen LogP contribution is -2.33. The highest BCUT2D eigenvalue weighted by Gasteiger charge is 2.46. The smallest absolute Gasteiger partial charge is 0.315 e. The third kappa shape index (κ3) is 1.05. The van der Waals surface area contributed by atoms with Crippen molar-refractivity contribution < 1.29 is 14.3 Å². The molecule has 16 heavy (non-hydrogen) atoms. The molecule has 0 amide bonds. The molecule has 0 aromatic carbocycles. The fourth-order valence-corrected chi connectivity index (χ4v) is 2.62. The summed E-state index contributed by atoms with van der Waals surface area (Å²) < 4.78 is 5.32. The van der Waals surface area contributed by atoms with Gasteiger partial charge < -0.3 is 9.52 Å². The molecule has 5 nitrogen and oxygen atoms in total. The van der Waals surface area contributed by atoms with Crippen LogP contribution >= 0.6 is 0 Å². The minimum absolute atomic E-state index is 0.587. The molecular formula is C11H12N2O3. The molecule has 2 heterocycles. The minimum atomic E-state index is -0.827. The summed E-state index contributed by atoms with van der Waals surface area (Å²) in [6.07, 6.45) is 4.72.